The van der Waals surface area contributed by atoms with Crippen molar-refractivity contribution in [2.45, 2.75) is 12.6 Å². The Hall–Kier alpha value is -3.07. The number of nitrogens with one attached hydrogen (secondary N) is 1. The minimum Gasteiger partial charge on any atom is -0.470 e. The van der Waals surface area contributed by atoms with Gasteiger partial charge in [-0.25, -0.2) is 9.78 Å². The van der Waals surface area contributed by atoms with Crippen LogP contribution in [0.15, 0.2) is 48.7 Å². The highest BCUT2D eigenvalue weighted by Crippen LogP contribution is 2.19. The van der Waals surface area contributed by atoms with E-state index in [0.29, 0.717) is 31.1 Å². The maximum atomic E-state index is 12.0. The van der Waals surface area contributed by atoms with Crippen molar-refractivity contribution in [3.63, 3.8) is 0 Å². The number of hydrogen-bond donors (Lipinski definition) is 1. The molecule has 0 unspecified atom stereocenters. The second-order valence-electron chi connectivity index (χ2n) is 5.26. The van der Waals surface area contributed by atoms with E-state index in [1.807, 2.05) is 36.4 Å². The Morgan fingerprint density at radius 2 is 2.09 bits per heavy atom. The van der Waals surface area contributed by atoms with Gasteiger partial charge in [0.1, 0.15) is 17.7 Å². The average molecular weight is 308 g/mol. The van der Waals surface area contributed by atoms with E-state index in [-0.39, 0.29) is 12.1 Å². The molecule has 1 aromatic carbocycles. The lowest BCUT2D eigenvalue weighted by molar-refractivity contribution is 0.0411. The third-order valence-corrected chi connectivity index (χ3v) is 3.59. The quantitative estimate of drug-likeness (QED) is 0.936. The van der Waals surface area contributed by atoms with Crippen molar-refractivity contribution < 1.29 is 9.53 Å². The van der Waals surface area contributed by atoms with Crippen LogP contribution in [0.5, 0.6) is 5.88 Å². The molecular weight excluding hydrogens is 292 g/mol. The average Bonchev–Trinajstić information content (AvgIpc) is 2.57. The van der Waals surface area contributed by atoms with Crippen molar-refractivity contribution in [3.8, 4) is 11.9 Å². The van der Waals surface area contributed by atoms with Crippen LogP contribution in [0.1, 0.15) is 11.1 Å². The molecule has 116 valence electrons. The second kappa shape index (κ2) is 6.79. The smallest absolute Gasteiger partial charge is 0.317 e. The summed E-state index contributed by atoms with van der Waals surface area (Å²) < 4.78 is 5.66. The summed E-state index contributed by atoms with van der Waals surface area (Å²) in [4.78, 5) is 17.7. The van der Waals surface area contributed by atoms with E-state index >= 15 is 0 Å². The Bertz CT molecular complexity index is 721. The number of nitriles is 1. The number of nitrogens with zero attached hydrogens (tertiary/aromatic N) is 3. The number of rotatable bonds is 4. The van der Waals surface area contributed by atoms with Gasteiger partial charge in [0, 0.05) is 12.7 Å². The van der Waals surface area contributed by atoms with Gasteiger partial charge in [-0.1, -0.05) is 30.3 Å². The Morgan fingerprint density at radius 3 is 2.83 bits per heavy atom. The third kappa shape index (κ3) is 3.58. The Labute approximate surface area is 134 Å². The van der Waals surface area contributed by atoms with Gasteiger partial charge >= 0.3 is 6.03 Å². The van der Waals surface area contributed by atoms with Crippen molar-refractivity contribution >= 4 is 6.03 Å². The number of urea groups is 1. The van der Waals surface area contributed by atoms with Crippen LogP contribution < -0.4 is 10.1 Å². The number of pyridine rings is 1. The number of carbonyl (C=O) groups is 1. The van der Waals surface area contributed by atoms with Crippen molar-refractivity contribution in [2.75, 3.05) is 13.1 Å². The second-order valence-corrected chi connectivity index (χ2v) is 5.26. The molecule has 6 nitrogen and oxygen atoms in total. The van der Waals surface area contributed by atoms with Crippen molar-refractivity contribution in [1.82, 2.24) is 15.2 Å². The van der Waals surface area contributed by atoms with Crippen molar-refractivity contribution in [3.05, 3.63) is 59.8 Å². The summed E-state index contributed by atoms with van der Waals surface area (Å²) in [6.45, 7) is 1.48. The van der Waals surface area contributed by atoms with Crippen LogP contribution >= 0.6 is 0 Å². The molecule has 1 saturated heterocycles. The maximum Gasteiger partial charge on any atom is 0.317 e. The molecule has 2 amide bonds. The first-order valence-corrected chi connectivity index (χ1v) is 7.35. The van der Waals surface area contributed by atoms with Crippen molar-refractivity contribution in [2.24, 2.45) is 0 Å². The fourth-order valence-corrected chi connectivity index (χ4v) is 2.29. The molecule has 0 atom stereocenters. The molecule has 1 fully saturated rings. The molecule has 0 spiro atoms. The normalized spacial score (nSPS) is 13.8. The first-order chi connectivity index (χ1) is 11.3. The van der Waals surface area contributed by atoms with Gasteiger partial charge in [0.15, 0.2) is 0 Å². The zero-order chi connectivity index (χ0) is 16.1. The van der Waals surface area contributed by atoms with Crippen LogP contribution in [0.2, 0.25) is 0 Å². The molecule has 1 N–H and O–H groups in total. The molecule has 2 aromatic rings. The highest BCUT2D eigenvalue weighted by atomic mass is 16.5. The summed E-state index contributed by atoms with van der Waals surface area (Å²) in [5.41, 5.74) is 1.46. The van der Waals surface area contributed by atoms with E-state index in [1.165, 1.54) is 0 Å². The number of benzene rings is 1. The molecule has 0 bridgehead atoms. The summed E-state index contributed by atoms with van der Waals surface area (Å²) in [5, 5.41) is 11.9. The lowest BCUT2D eigenvalue weighted by Crippen LogP contribution is -2.58. The Balaban J connectivity index is 1.45. The zero-order valence-corrected chi connectivity index (χ0v) is 12.5. The minimum absolute atomic E-state index is 0.116. The topological polar surface area (TPSA) is 78.2 Å². The van der Waals surface area contributed by atoms with Gasteiger partial charge in [0.05, 0.1) is 13.1 Å². The van der Waals surface area contributed by atoms with Crippen LogP contribution in [-0.4, -0.2) is 35.1 Å². The Kier molecular flexibility index (Phi) is 4.39. The van der Waals surface area contributed by atoms with Gasteiger partial charge in [-0.15, -0.1) is 0 Å². The maximum absolute atomic E-state index is 12.0. The number of carbonyl (C=O) groups excluding carboxylic acids is 1. The molecule has 3 rings (SSSR count). The summed E-state index contributed by atoms with van der Waals surface area (Å²) in [6, 6.07) is 15.0. The van der Waals surface area contributed by atoms with Gasteiger partial charge in [0.25, 0.3) is 0 Å². The fourth-order valence-electron chi connectivity index (χ4n) is 2.29. The van der Waals surface area contributed by atoms with Crippen molar-refractivity contribution in [1.29, 1.82) is 5.26 Å². The summed E-state index contributed by atoms with van der Waals surface area (Å²) >= 11 is 0. The molecule has 23 heavy (non-hydrogen) atoms. The molecule has 0 saturated carbocycles. The molecule has 2 heterocycles. The first kappa shape index (κ1) is 14.9. The van der Waals surface area contributed by atoms with Gasteiger partial charge in [0.2, 0.25) is 5.88 Å². The van der Waals surface area contributed by atoms with E-state index in [9.17, 15) is 4.79 Å². The largest absolute Gasteiger partial charge is 0.470 e. The van der Waals surface area contributed by atoms with Crippen LogP contribution in [-0.2, 0) is 6.54 Å². The van der Waals surface area contributed by atoms with Crippen LogP contribution in [0.3, 0.4) is 0 Å². The molecule has 0 radical (unpaired) electrons. The minimum atomic E-state index is -0.125. The van der Waals surface area contributed by atoms with E-state index in [1.54, 1.807) is 23.2 Å². The number of ether oxygens (including phenoxy) is 1. The summed E-state index contributed by atoms with van der Waals surface area (Å²) in [6.07, 6.45) is 1.46. The predicted molar refractivity (Wildman–Crippen MR) is 83.6 cm³/mol. The zero-order valence-electron chi connectivity index (χ0n) is 12.5. The predicted octanol–water partition coefficient (Wildman–Crippen LogP) is 1.93. The van der Waals surface area contributed by atoms with E-state index in [0.717, 1.165) is 5.56 Å². The highest BCUT2D eigenvalue weighted by Gasteiger charge is 2.32. The molecule has 1 aliphatic rings. The third-order valence-electron chi connectivity index (χ3n) is 3.59. The lowest BCUT2D eigenvalue weighted by Gasteiger charge is -2.38. The number of likely N-dealkylation sites (tertiary alicyclic amines) is 1. The molecule has 1 aliphatic heterocycles. The highest BCUT2D eigenvalue weighted by molar-refractivity contribution is 5.75. The van der Waals surface area contributed by atoms with E-state index in [2.05, 4.69) is 10.3 Å². The molecule has 0 aliphatic carbocycles. The van der Waals surface area contributed by atoms with Gasteiger partial charge < -0.3 is 15.0 Å². The monoisotopic (exact) mass is 308 g/mol. The molecular formula is C17H16N4O2. The SMILES string of the molecule is N#Cc1cccnc1OC1CN(C(=O)NCc2ccccc2)C1. The Morgan fingerprint density at radius 1 is 1.30 bits per heavy atom. The number of hydrogen-bond acceptors (Lipinski definition) is 4. The van der Waals surface area contributed by atoms with Gasteiger partial charge in [-0.3, -0.25) is 0 Å². The molecule has 6 heteroatoms. The van der Waals surface area contributed by atoms with Gasteiger partial charge in [-0.05, 0) is 17.7 Å². The van der Waals surface area contributed by atoms with Crippen LogP contribution in [0.4, 0.5) is 4.79 Å². The lowest BCUT2D eigenvalue weighted by atomic mass is 10.2. The summed E-state index contributed by atoms with van der Waals surface area (Å²) in [7, 11) is 0. The number of amides is 2. The van der Waals surface area contributed by atoms with E-state index in [4.69, 9.17) is 10.00 Å². The molecule has 1 aromatic heterocycles. The summed E-state index contributed by atoms with van der Waals surface area (Å²) in [5.74, 6) is 0.323. The fraction of sp³-hybridized carbons (Fsp3) is 0.235. The first-order valence-electron chi connectivity index (χ1n) is 7.35. The number of aromatic nitrogens is 1. The van der Waals surface area contributed by atoms with Gasteiger partial charge in [-0.2, -0.15) is 5.26 Å². The van der Waals surface area contributed by atoms with Crippen LogP contribution in [0, 0.1) is 11.3 Å². The van der Waals surface area contributed by atoms with E-state index < -0.39 is 0 Å². The standard InChI is InChI=1S/C17H16N4O2/c18-9-14-7-4-8-19-16(14)23-15-11-21(12-15)17(22)20-10-13-5-2-1-3-6-13/h1-8,15H,10-12H2,(H,20,22). The van der Waals surface area contributed by atoms with Crippen LogP contribution in [0.25, 0.3) is 0 Å².